The molecule has 0 saturated heterocycles. The van der Waals surface area contributed by atoms with E-state index in [0.29, 0.717) is 6.42 Å². The Bertz CT molecular complexity index is 655. The third kappa shape index (κ3) is 10.2. The van der Waals surface area contributed by atoms with Crippen LogP contribution in [0, 0.1) is 11.8 Å². The number of carboxylic acids is 2. The largest absolute Gasteiger partial charge is 0.481 e. The minimum absolute atomic E-state index is 0.0477. The first-order valence-corrected chi connectivity index (χ1v) is 10.1. The molecule has 5 unspecified atom stereocenters. The molecule has 0 spiro atoms. The number of carboxylic acid groups (broad SMARTS) is 2. The number of rotatable bonds is 14. The summed E-state index contributed by atoms with van der Waals surface area (Å²) in [5, 5.41) is 34.4. The maximum absolute atomic E-state index is 12.5. The lowest BCUT2D eigenvalue weighted by Gasteiger charge is -2.25. The minimum atomic E-state index is -1.55. The molecular formula is C19H34N4O8. The summed E-state index contributed by atoms with van der Waals surface area (Å²) < 4.78 is 0. The van der Waals surface area contributed by atoms with Crippen molar-refractivity contribution in [2.75, 3.05) is 6.61 Å². The van der Waals surface area contributed by atoms with Crippen molar-refractivity contribution in [1.82, 2.24) is 16.0 Å². The van der Waals surface area contributed by atoms with E-state index in [4.69, 9.17) is 10.8 Å². The number of aliphatic hydroxyl groups is 1. The molecule has 0 aliphatic rings. The number of amides is 3. The number of carbonyl (C=O) groups is 5. The molecule has 5 atom stereocenters. The predicted octanol–water partition coefficient (Wildman–Crippen LogP) is -1.59. The molecule has 178 valence electrons. The van der Waals surface area contributed by atoms with Gasteiger partial charge in [0.1, 0.15) is 18.1 Å². The Labute approximate surface area is 180 Å². The molecule has 0 saturated carbocycles. The summed E-state index contributed by atoms with van der Waals surface area (Å²) in [5.74, 6) is -5.65. The van der Waals surface area contributed by atoms with Crippen LogP contribution in [0.5, 0.6) is 0 Å². The first-order chi connectivity index (χ1) is 14.3. The van der Waals surface area contributed by atoms with E-state index in [1.165, 1.54) is 0 Å². The normalized spacial score (nSPS) is 15.8. The van der Waals surface area contributed by atoms with E-state index in [9.17, 15) is 34.2 Å². The first-order valence-electron chi connectivity index (χ1n) is 10.1. The van der Waals surface area contributed by atoms with Crippen LogP contribution < -0.4 is 21.7 Å². The molecule has 0 aromatic heterocycles. The highest BCUT2D eigenvalue weighted by Crippen LogP contribution is 2.07. The SMILES string of the molecule is CCC(C)C(N)C(=O)NC(CC(=O)O)C(=O)NC(CO)C(=O)NC(CC(C)C)C(=O)O. The smallest absolute Gasteiger partial charge is 0.326 e. The van der Waals surface area contributed by atoms with Gasteiger partial charge in [0.05, 0.1) is 19.1 Å². The highest BCUT2D eigenvalue weighted by Gasteiger charge is 2.32. The third-order valence-corrected chi connectivity index (χ3v) is 4.71. The number of nitrogens with two attached hydrogens (primary N) is 1. The molecule has 3 amide bonds. The maximum atomic E-state index is 12.5. The van der Waals surface area contributed by atoms with Gasteiger partial charge in [0.25, 0.3) is 0 Å². The number of carbonyl (C=O) groups excluding carboxylic acids is 3. The quantitative estimate of drug-likeness (QED) is 0.164. The number of nitrogens with one attached hydrogen (secondary N) is 3. The van der Waals surface area contributed by atoms with Crippen molar-refractivity contribution in [1.29, 1.82) is 0 Å². The molecule has 0 aliphatic carbocycles. The van der Waals surface area contributed by atoms with Crippen LogP contribution in [0.15, 0.2) is 0 Å². The Balaban J connectivity index is 5.30. The van der Waals surface area contributed by atoms with Crippen LogP contribution in [0.25, 0.3) is 0 Å². The van der Waals surface area contributed by atoms with Gasteiger partial charge in [-0.25, -0.2) is 4.79 Å². The van der Waals surface area contributed by atoms with Crippen molar-refractivity contribution in [3.05, 3.63) is 0 Å². The van der Waals surface area contributed by atoms with Gasteiger partial charge in [-0.2, -0.15) is 0 Å². The Morgan fingerprint density at radius 1 is 0.839 bits per heavy atom. The molecule has 0 aromatic carbocycles. The monoisotopic (exact) mass is 446 g/mol. The minimum Gasteiger partial charge on any atom is -0.481 e. The summed E-state index contributed by atoms with van der Waals surface area (Å²) >= 11 is 0. The zero-order chi connectivity index (χ0) is 24.3. The Hall–Kier alpha value is -2.73. The average molecular weight is 447 g/mol. The average Bonchev–Trinajstić information content (AvgIpc) is 2.68. The Kier molecular flexibility index (Phi) is 12.4. The van der Waals surface area contributed by atoms with Gasteiger partial charge in [-0.3, -0.25) is 19.2 Å². The van der Waals surface area contributed by atoms with Crippen molar-refractivity contribution >= 4 is 29.7 Å². The van der Waals surface area contributed by atoms with Crippen LogP contribution in [0.3, 0.4) is 0 Å². The summed E-state index contributed by atoms with van der Waals surface area (Å²) in [4.78, 5) is 59.5. The van der Waals surface area contributed by atoms with Crippen molar-refractivity contribution in [2.45, 2.75) is 71.1 Å². The molecule has 0 radical (unpaired) electrons. The molecule has 0 aliphatic heterocycles. The highest BCUT2D eigenvalue weighted by atomic mass is 16.4. The van der Waals surface area contributed by atoms with Gasteiger partial charge in [0.2, 0.25) is 17.7 Å². The van der Waals surface area contributed by atoms with Gasteiger partial charge in [-0.15, -0.1) is 0 Å². The second-order valence-corrected chi connectivity index (χ2v) is 7.84. The van der Waals surface area contributed by atoms with Crippen molar-refractivity contribution in [2.24, 2.45) is 17.6 Å². The van der Waals surface area contributed by atoms with Crippen LogP contribution in [-0.2, 0) is 24.0 Å². The van der Waals surface area contributed by atoms with Crippen LogP contribution in [0.2, 0.25) is 0 Å². The van der Waals surface area contributed by atoms with E-state index in [0.717, 1.165) is 0 Å². The first kappa shape index (κ1) is 28.3. The standard InChI is InChI=1S/C19H34N4O8/c1-5-10(4)15(20)18(29)21-11(7-14(25)26)16(27)23-13(8-24)17(28)22-12(19(30)31)6-9(2)3/h9-13,15,24H,5-8,20H2,1-4H3,(H,21,29)(H,22,28)(H,23,27)(H,25,26)(H,30,31). The molecule has 0 bridgehead atoms. The van der Waals surface area contributed by atoms with Gasteiger partial charge >= 0.3 is 11.9 Å². The number of hydrogen-bond donors (Lipinski definition) is 7. The van der Waals surface area contributed by atoms with Crippen molar-refractivity contribution in [3.8, 4) is 0 Å². The summed E-state index contributed by atoms with van der Waals surface area (Å²) in [6.07, 6.45) is -0.0771. The molecule has 0 fully saturated rings. The number of aliphatic hydroxyl groups excluding tert-OH is 1. The molecule has 12 heteroatoms. The van der Waals surface area contributed by atoms with Crippen LogP contribution in [0.4, 0.5) is 0 Å². The van der Waals surface area contributed by atoms with Crippen LogP contribution in [-0.4, -0.2) is 75.8 Å². The summed E-state index contributed by atoms with van der Waals surface area (Å²) in [7, 11) is 0. The van der Waals surface area contributed by atoms with Gasteiger partial charge < -0.3 is 37.0 Å². The van der Waals surface area contributed by atoms with Crippen molar-refractivity contribution < 1.29 is 39.3 Å². The molecule has 0 rings (SSSR count). The molecule has 31 heavy (non-hydrogen) atoms. The topological polar surface area (TPSA) is 208 Å². The second kappa shape index (κ2) is 13.5. The fourth-order valence-electron chi connectivity index (χ4n) is 2.60. The lowest BCUT2D eigenvalue weighted by molar-refractivity contribution is -0.144. The van der Waals surface area contributed by atoms with Gasteiger partial charge in [-0.1, -0.05) is 34.1 Å². The number of aliphatic carboxylic acids is 2. The molecule has 12 nitrogen and oxygen atoms in total. The van der Waals surface area contributed by atoms with Crippen LogP contribution in [0.1, 0.15) is 47.0 Å². The Morgan fingerprint density at radius 2 is 1.32 bits per heavy atom. The third-order valence-electron chi connectivity index (χ3n) is 4.71. The van der Waals surface area contributed by atoms with E-state index in [-0.39, 0.29) is 18.3 Å². The maximum Gasteiger partial charge on any atom is 0.326 e. The molecule has 0 heterocycles. The van der Waals surface area contributed by atoms with E-state index in [2.05, 4.69) is 16.0 Å². The van der Waals surface area contributed by atoms with Gasteiger partial charge in [0, 0.05) is 0 Å². The highest BCUT2D eigenvalue weighted by molar-refractivity contribution is 5.95. The summed E-state index contributed by atoms with van der Waals surface area (Å²) in [6, 6.07) is -5.30. The fraction of sp³-hybridized carbons (Fsp3) is 0.737. The van der Waals surface area contributed by atoms with Gasteiger partial charge in [-0.05, 0) is 18.3 Å². The zero-order valence-corrected chi connectivity index (χ0v) is 18.3. The lowest BCUT2D eigenvalue weighted by atomic mass is 9.99. The van der Waals surface area contributed by atoms with E-state index in [1.807, 2.05) is 6.92 Å². The van der Waals surface area contributed by atoms with E-state index >= 15 is 0 Å². The Morgan fingerprint density at radius 3 is 1.74 bits per heavy atom. The lowest BCUT2D eigenvalue weighted by Crippen LogP contribution is -2.58. The fourth-order valence-corrected chi connectivity index (χ4v) is 2.60. The van der Waals surface area contributed by atoms with E-state index < -0.39 is 66.9 Å². The molecule has 8 N–H and O–H groups in total. The molecular weight excluding hydrogens is 412 g/mol. The zero-order valence-electron chi connectivity index (χ0n) is 18.3. The summed E-state index contributed by atoms with van der Waals surface area (Å²) in [5.41, 5.74) is 5.80. The van der Waals surface area contributed by atoms with Crippen LogP contribution >= 0.6 is 0 Å². The summed E-state index contributed by atoms with van der Waals surface area (Å²) in [6.45, 7) is 6.19. The number of hydrogen-bond acceptors (Lipinski definition) is 7. The second-order valence-electron chi connectivity index (χ2n) is 7.84. The predicted molar refractivity (Wildman–Crippen MR) is 110 cm³/mol. The molecule has 0 aromatic rings. The van der Waals surface area contributed by atoms with Gasteiger partial charge in [0.15, 0.2) is 0 Å². The van der Waals surface area contributed by atoms with E-state index in [1.54, 1.807) is 20.8 Å². The van der Waals surface area contributed by atoms with Crippen molar-refractivity contribution in [3.63, 3.8) is 0 Å².